The highest BCUT2D eigenvalue weighted by Gasteiger charge is 2.17. The average molecular weight is 346 g/mol. The Kier molecular flexibility index (Phi) is 4.30. The summed E-state index contributed by atoms with van der Waals surface area (Å²) in [6, 6.07) is 20.2. The van der Waals surface area contributed by atoms with Crippen molar-refractivity contribution < 1.29 is 18.9 Å². The molecular weight excluding hydrogens is 330 g/mol. The molecule has 0 atom stereocenters. The van der Waals surface area contributed by atoms with Crippen molar-refractivity contribution >= 4 is 22.8 Å². The van der Waals surface area contributed by atoms with Gasteiger partial charge in [0.2, 0.25) is 5.58 Å². The Morgan fingerprint density at radius 2 is 1.96 bits per heavy atom. The van der Waals surface area contributed by atoms with Crippen molar-refractivity contribution in [1.82, 2.24) is 4.98 Å². The summed E-state index contributed by atoms with van der Waals surface area (Å²) in [6.07, 6.45) is 1.79. The van der Waals surface area contributed by atoms with Gasteiger partial charge >= 0.3 is 11.5 Å². The van der Waals surface area contributed by atoms with E-state index in [1.54, 1.807) is 24.4 Å². The molecule has 0 saturated heterocycles. The number of pyridine rings is 1. The number of benzene rings is 2. The van der Waals surface area contributed by atoms with Crippen molar-refractivity contribution in [3.63, 3.8) is 0 Å². The van der Waals surface area contributed by atoms with Crippen molar-refractivity contribution in [3.05, 3.63) is 72.9 Å². The lowest BCUT2D eigenvalue weighted by molar-refractivity contribution is -0.347. The van der Waals surface area contributed by atoms with Crippen molar-refractivity contribution in [2.45, 2.75) is 0 Å². The van der Waals surface area contributed by atoms with Gasteiger partial charge in [0.05, 0.1) is 11.8 Å². The maximum absolute atomic E-state index is 12.1. The molecule has 0 fully saturated rings. The van der Waals surface area contributed by atoms with Gasteiger partial charge in [0.25, 0.3) is 5.91 Å². The Morgan fingerprint density at radius 1 is 1.08 bits per heavy atom. The average Bonchev–Trinajstić information content (AvgIpc) is 3.12. The van der Waals surface area contributed by atoms with E-state index in [4.69, 9.17) is 9.15 Å². The largest absolute Gasteiger partial charge is 0.484 e. The zero-order valence-corrected chi connectivity index (χ0v) is 13.8. The highest BCUT2D eigenvalue weighted by atomic mass is 16.5. The summed E-state index contributed by atoms with van der Waals surface area (Å²) in [7, 11) is 0. The summed E-state index contributed by atoms with van der Waals surface area (Å²) < 4.78 is 11.2. The molecule has 6 heteroatoms. The fourth-order valence-corrected chi connectivity index (χ4v) is 2.53. The minimum absolute atomic E-state index is 0.0634. The molecule has 2 N–H and O–H groups in total. The summed E-state index contributed by atoms with van der Waals surface area (Å²) in [4.78, 5) is 19.5. The number of aromatic nitrogens is 2. The number of amides is 1. The smallest absolute Gasteiger partial charge is 0.368 e. The SMILES string of the molecule is O=C(COc1ccccc1)Nc1cccc(-c2nc3[nH+]cccc3o2)c1. The molecule has 0 spiro atoms. The monoisotopic (exact) mass is 346 g/mol. The summed E-state index contributed by atoms with van der Waals surface area (Å²) >= 11 is 0. The van der Waals surface area contributed by atoms with E-state index in [9.17, 15) is 4.79 Å². The molecule has 0 unspecified atom stereocenters. The topological polar surface area (TPSA) is 78.5 Å². The number of nitrogens with one attached hydrogen (secondary N) is 2. The predicted molar refractivity (Wildman–Crippen MR) is 96.6 cm³/mol. The van der Waals surface area contributed by atoms with Crippen molar-refractivity contribution in [1.29, 1.82) is 0 Å². The number of carbonyl (C=O) groups excluding carboxylic acids is 1. The predicted octanol–water partition coefficient (Wildman–Crippen LogP) is 3.33. The van der Waals surface area contributed by atoms with Gasteiger partial charge < -0.3 is 14.5 Å². The van der Waals surface area contributed by atoms with Crippen LogP contribution >= 0.6 is 0 Å². The third kappa shape index (κ3) is 3.54. The number of nitrogens with zero attached hydrogens (tertiary/aromatic N) is 1. The Hall–Kier alpha value is -3.67. The third-order valence-electron chi connectivity index (χ3n) is 3.72. The lowest BCUT2D eigenvalue weighted by Gasteiger charge is -2.07. The molecule has 0 saturated carbocycles. The molecule has 0 radical (unpaired) electrons. The zero-order chi connectivity index (χ0) is 17.8. The summed E-state index contributed by atoms with van der Waals surface area (Å²) in [5, 5.41) is 2.81. The zero-order valence-electron chi connectivity index (χ0n) is 13.8. The molecule has 0 bridgehead atoms. The van der Waals surface area contributed by atoms with Crippen LogP contribution in [0, 0.1) is 0 Å². The normalized spacial score (nSPS) is 10.6. The molecule has 0 aliphatic rings. The third-order valence-corrected chi connectivity index (χ3v) is 3.72. The molecule has 4 rings (SSSR count). The van der Waals surface area contributed by atoms with Crippen LogP contribution in [0.1, 0.15) is 0 Å². The van der Waals surface area contributed by atoms with Gasteiger partial charge in [-0.05, 0) is 42.5 Å². The van der Waals surface area contributed by atoms with E-state index in [-0.39, 0.29) is 12.5 Å². The second kappa shape index (κ2) is 7.06. The van der Waals surface area contributed by atoms with Gasteiger partial charge in [-0.25, -0.2) is 4.98 Å². The maximum atomic E-state index is 12.1. The Labute approximate surface area is 149 Å². The minimum atomic E-state index is -0.239. The highest BCUT2D eigenvalue weighted by molar-refractivity contribution is 5.92. The van der Waals surface area contributed by atoms with Crippen molar-refractivity contribution in [2.24, 2.45) is 0 Å². The van der Waals surface area contributed by atoms with Crippen molar-refractivity contribution in [2.75, 3.05) is 11.9 Å². The number of H-pyrrole nitrogens is 1. The summed E-state index contributed by atoms with van der Waals surface area (Å²) in [6.45, 7) is -0.0634. The fraction of sp³-hybridized carbons (Fsp3) is 0.0500. The number of aromatic amines is 1. The molecule has 1 amide bonds. The van der Waals surface area contributed by atoms with Crippen LogP contribution in [-0.4, -0.2) is 17.5 Å². The van der Waals surface area contributed by atoms with Crippen LogP contribution in [-0.2, 0) is 4.79 Å². The first-order valence-electron chi connectivity index (χ1n) is 8.13. The summed E-state index contributed by atoms with van der Waals surface area (Å²) in [5.74, 6) is 0.898. The highest BCUT2D eigenvalue weighted by Crippen LogP contribution is 2.24. The van der Waals surface area contributed by atoms with Crippen LogP contribution < -0.4 is 15.0 Å². The van der Waals surface area contributed by atoms with E-state index in [0.717, 1.165) is 5.56 Å². The quantitative estimate of drug-likeness (QED) is 0.601. The van der Waals surface area contributed by atoms with Crippen LogP contribution in [0.4, 0.5) is 5.69 Å². The number of oxazole rings is 1. The number of carbonyl (C=O) groups is 1. The lowest BCUT2D eigenvalue weighted by Crippen LogP contribution is -2.20. The van der Waals surface area contributed by atoms with Gasteiger partial charge in [-0.2, -0.15) is 0 Å². The van der Waals surface area contributed by atoms with Gasteiger partial charge in [-0.1, -0.05) is 24.3 Å². The van der Waals surface area contributed by atoms with E-state index in [1.165, 1.54) is 0 Å². The number of rotatable bonds is 5. The van der Waals surface area contributed by atoms with Crippen LogP contribution in [0.5, 0.6) is 5.75 Å². The number of para-hydroxylation sites is 1. The molecule has 0 aliphatic heterocycles. The molecule has 128 valence electrons. The van der Waals surface area contributed by atoms with Crippen LogP contribution in [0.3, 0.4) is 0 Å². The van der Waals surface area contributed by atoms with Crippen LogP contribution in [0.25, 0.3) is 22.7 Å². The van der Waals surface area contributed by atoms with Gasteiger partial charge in [0.15, 0.2) is 6.61 Å². The first kappa shape index (κ1) is 15.8. The Balaban J connectivity index is 1.46. The van der Waals surface area contributed by atoms with E-state index in [1.807, 2.05) is 48.5 Å². The molecule has 2 aromatic carbocycles. The maximum Gasteiger partial charge on any atom is 0.368 e. The van der Waals surface area contributed by atoms with E-state index >= 15 is 0 Å². The second-order valence-electron chi connectivity index (χ2n) is 5.63. The fourth-order valence-electron chi connectivity index (χ4n) is 2.53. The molecular formula is C20H16N3O3+. The molecule has 26 heavy (non-hydrogen) atoms. The number of ether oxygens (including phenoxy) is 1. The number of fused-ring (bicyclic) bond motifs is 1. The van der Waals surface area contributed by atoms with Gasteiger partial charge in [-0.15, -0.1) is 0 Å². The molecule has 0 aliphatic carbocycles. The lowest BCUT2D eigenvalue weighted by atomic mass is 10.2. The van der Waals surface area contributed by atoms with Crippen molar-refractivity contribution in [3.8, 4) is 17.2 Å². The Bertz CT molecular complexity index is 1010. The number of hydrogen-bond acceptors (Lipinski definition) is 4. The number of anilines is 1. The van der Waals surface area contributed by atoms with Crippen LogP contribution in [0.2, 0.25) is 0 Å². The van der Waals surface area contributed by atoms with E-state index < -0.39 is 0 Å². The first-order chi connectivity index (χ1) is 12.8. The number of hydrogen-bond donors (Lipinski definition) is 1. The minimum Gasteiger partial charge on any atom is -0.484 e. The molecule has 2 aromatic heterocycles. The molecule has 2 heterocycles. The standard InChI is InChI=1S/C20H15N3O3/c24-18(13-25-16-8-2-1-3-9-16)22-15-7-4-6-14(12-15)20-23-19-17(26-20)10-5-11-21-19/h1-12H,13H2,(H,22,24)/p+1. The van der Waals surface area contributed by atoms with Crippen LogP contribution in [0.15, 0.2) is 77.3 Å². The first-order valence-corrected chi connectivity index (χ1v) is 8.13. The molecule has 6 nitrogen and oxygen atoms in total. The van der Waals surface area contributed by atoms with E-state index in [2.05, 4.69) is 15.3 Å². The second-order valence-corrected chi connectivity index (χ2v) is 5.63. The Morgan fingerprint density at radius 3 is 2.81 bits per heavy atom. The summed E-state index contributed by atoms with van der Waals surface area (Å²) in [5.41, 5.74) is 2.77. The van der Waals surface area contributed by atoms with Gasteiger partial charge in [-0.3, -0.25) is 4.79 Å². The molecule has 4 aromatic rings. The van der Waals surface area contributed by atoms with Gasteiger partial charge in [0.1, 0.15) is 5.75 Å². The van der Waals surface area contributed by atoms with Gasteiger partial charge in [0, 0.05) is 10.7 Å². The van der Waals surface area contributed by atoms with E-state index in [0.29, 0.717) is 28.6 Å².